The van der Waals surface area contributed by atoms with E-state index in [0.29, 0.717) is 38.4 Å². The van der Waals surface area contributed by atoms with Crippen LogP contribution in [0.5, 0.6) is 0 Å². The Kier molecular flexibility index (Phi) is 4.13. The first kappa shape index (κ1) is 15.0. The molecule has 6 nitrogen and oxygen atoms in total. The van der Waals surface area contributed by atoms with E-state index in [1.165, 1.54) is 0 Å². The van der Waals surface area contributed by atoms with E-state index in [-0.39, 0.29) is 11.8 Å². The summed E-state index contributed by atoms with van der Waals surface area (Å²) in [4.78, 5) is 25.8. The molecule has 3 rings (SSSR count). The summed E-state index contributed by atoms with van der Waals surface area (Å²) < 4.78 is 5.24. The van der Waals surface area contributed by atoms with E-state index in [0.717, 1.165) is 18.4 Å². The van der Waals surface area contributed by atoms with E-state index in [1.807, 2.05) is 29.2 Å². The van der Waals surface area contributed by atoms with E-state index in [2.05, 4.69) is 5.32 Å². The van der Waals surface area contributed by atoms with Gasteiger partial charge >= 0.3 is 0 Å². The maximum atomic E-state index is 12.2. The minimum Gasteiger partial charge on any atom is -0.378 e. The van der Waals surface area contributed by atoms with Gasteiger partial charge in [0.1, 0.15) is 0 Å². The van der Waals surface area contributed by atoms with E-state index >= 15 is 0 Å². The van der Waals surface area contributed by atoms with Crippen molar-refractivity contribution in [3.63, 3.8) is 0 Å². The maximum Gasteiger partial charge on any atom is 0.244 e. The second-order valence-electron chi connectivity index (χ2n) is 5.98. The number of amides is 2. The summed E-state index contributed by atoms with van der Waals surface area (Å²) in [6.45, 7) is 2.53. The lowest BCUT2D eigenvalue weighted by Gasteiger charge is -2.26. The van der Waals surface area contributed by atoms with Gasteiger partial charge in [-0.05, 0) is 30.5 Å². The van der Waals surface area contributed by atoms with Crippen LogP contribution in [0.4, 0.5) is 5.69 Å². The first-order chi connectivity index (χ1) is 10.6. The molecule has 1 aliphatic carbocycles. The molecule has 1 saturated heterocycles. The van der Waals surface area contributed by atoms with Gasteiger partial charge in [-0.15, -0.1) is 0 Å². The summed E-state index contributed by atoms with van der Waals surface area (Å²) in [5.41, 5.74) is 6.81. The van der Waals surface area contributed by atoms with E-state index in [4.69, 9.17) is 10.5 Å². The molecule has 1 heterocycles. The number of hydrogen-bond donors (Lipinski definition) is 2. The Morgan fingerprint density at radius 2 is 1.82 bits per heavy atom. The molecule has 0 radical (unpaired) electrons. The standard InChI is InChI=1S/C16H21N3O3/c17-16(5-6-16)15(21)18-13-3-1-12(2-4-13)11-14(20)19-7-9-22-10-8-19/h1-4H,5-11,17H2,(H,18,21). The smallest absolute Gasteiger partial charge is 0.244 e. The van der Waals surface area contributed by atoms with Gasteiger partial charge in [-0.3, -0.25) is 9.59 Å². The summed E-state index contributed by atoms with van der Waals surface area (Å²) in [6.07, 6.45) is 1.85. The normalized spacial score (nSPS) is 19.6. The second kappa shape index (κ2) is 6.06. The third-order valence-corrected chi connectivity index (χ3v) is 4.17. The van der Waals surface area contributed by atoms with E-state index < -0.39 is 5.54 Å². The quantitative estimate of drug-likeness (QED) is 0.849. The molecule has 2 fully saturated rings. The zero-order chi connectivity index (χ0) is 15.6. The Labute approximate surface area is 129 Å². The van der Waals surface area contributed by atoms with Crippen LogP contribution >= 0.6 is 0 Å². The molecule has 1 aromatic carbocycles. The van der Waals surface area contributed by atoms with Crippen LogP contribution in [0.3, 0.4) is 0 Å². The van der Waals surface area contributed by atoms with Crippen molar-refractivity contribution in [1.82, 2.24) is 4.90 Å². The average Bonchev–Trinajstić information content (AvgIpc) is 3.29. The molecule has 2 amide bonds. The summed E-state index contributed by atoms with van der Waals surface area (Å²) in [5.74, 6) is -0.0244. The number of hydrogen-bond acceptors (Lipinski definition) is 4. The molecule has 3 N–H and O–H groups in total. The molecule has 0 atom stereocenters. The van der Waals surface area contributed by atoms with Crippen LogP contribution in [0.2, 0.25) is 0 Å². The predicted octanol–water partition coefficient (Wildman–Crippen LogP) is 0.518. The average molecular weight is 303 g/mol. The fourth-order valence-electron chi connectivity index (χ4n) is 2.42. The van der Waals surface area contributed by atoms with Crippen molar-refractivity contribution in [3.05, 3.63) is 29.8 Å². The van der Waals surface area contributed by atoms with Gasteiger partial charge < -0.3 is 20.7 Å². The zero-order valence-electron chi connectivity index (χ0n) is 12.5. The van der Waals surface area contributed by atoms with Crippen LogP contribution in [0.1, 0.15) is 18.4 Å². The highest BCUT2D eigenvalue weighted by Crippen LogP contribution is 2.33. The zero-order valence-corrected chi connectivity index (χ0v) is 12.5. The summed E-state index contributed by atoms with van der Waals surface area (Å²) in [5, 5.41) is 2.81. The van der Waals surface area contributed by atoms with E-state index in [1.54, 1.807) is 0 Å². The topological polar surface area (TPSA) is 84.7 Å². The molecular formula is C16H21N3O3. The number of morpholine rings is 1. The lowest BCUT2D eigenvalue weighted by Crippen LogP contribution is -2.41. The van der Waals surface area contributed by atoms with Gasteiger partial charge in [-0.1, -0.05) is 12.1 Å². The number of nitrogens with one attached hydrogen (secondary N) is 1. The van der Waals surface area contributed by atoms with Crippen molar-refractivity contribution in [2.24, 2.45) is 5.73 Å². The van der Waals surface area contributed by atoms with Crippen LogP contribution in [0.15, 0.2) is 24.3 Å². The van der Waals surface area contributed by atoms with Crippen LogP contribution in [-0.4, -0.2) is 48.6 Å². The molecule has 6 heteroatoms. The van der Waals surface area contributed by atoms with Gasteiger partial charge in [0.05, 0.1) is 25.2 Å². The minimum atomic E-state index is -0.676. The number of carbonyl (C=O) groups excluding carboxylic acids is 2. The molecule has 0 unspecified atom stereocenters. The molecule has 1 aliphatic heterocycles. The Bertz CT molecular complexity index is 561. The molecular weight excluding hydrogens is 282 g/mol. The molecule has 22 heavy (non-hydrogen) atoms. The van der Waals surface area contributed by atoms with Gasteiger partial charge in [0.2, 0.25) is 11.8 Å². The van der Waals surface area contributed by atoms with Crippen LogP contribution in [0, 0.1) is 0 Å². The fraction of sp³-hybridized carbons (Fsp3) is 0.500. The van der Waals surface area contributed by atoms with Gasteiger partial charge in [0, 0.05) is 18.8 Å². The van der Waals surface area contributed by atoms with Gasteiger partial charge in [0.25, 0.3) is 0 Å². The van der Waals surface area contributed by atoms with E-state index in [9.17, 15) is 9.59 Å². The second-order valence-corrected chi connectivity index (χ2v) is 5.98. The van der Waals surface area contributed by atoms with Crippen molar-refractivity contribution < 1.29 is 14.3 Å². The Balaban J connectivity index is 1.54. The summed E-state index contributed by atoms with van der Waals surface area (Å²) in [7, 11) is 0. The number of carbonyl (C=O) groups is 2. The Hall–Kier alpha value is -1.92. The molecule has 0 aromatic heterocycles. The van der Waals surface area contributed by atoms with Gasteiger partial charge in [-0.2, -0.15) is 0 Å². The van der Waals surface area contributed by atoms with Crippen molar-refractivity contribution >= 4 is 17.5 Å². The lowest BCUT2D eigenvalue weighted by molar-refractivity contribution is -0.134. The molecule has 2 aliphatic rings. The van der Waals surface area contributed by atoms with Gasteiger partial charge in [-0.25, -0.2) is 0 Å². The predicted molar refractivity (Wildman–Crippen MR) is 82.3 cm³/mol. The third kappa shape index (κ3) is 3.45. The number of nitrogens with zero attached hydrogens (tertiary/aromatic N) is 1. The van der Waals surface area contributed by atoms with Crippen LogP contribution < -0.4 is 11.1 Å². The number of anilines is 1. The van der Waals surface area contributed by atoms with Crippen molar-refractivity contribution in [1.29, 1.82) is 0 Å². The fourth-order valence-corrected chi connectivity index (χ4v) is 2.42. The highest BCUT2D eigenvalue weighted by atomic mass is 16.5. The highest BCUT2D eigenvalue weighted by Gasteiger charge is 2.45. The van der Waals surface area contributed by atoms with Crippen molar-refractivity contribution in [2.75, 3.05) is 31.6 Å². The molecule has 1 saturated carbocycles. The van der Waals surface area contributed by atoms with Crippen molar-refractivity contribution in [2.45, 2.75) is 24.8 Å². The Morgan fingerprint density at radius 3 is 2.41 bits per heavy atom. The SMILES string of the molecule is NC1(C(=O)Nc2ccc(CC(=O)N3CCOCC3)cc2)CC1. The monoisotopic (exact) mass is 303 g/mol. The number of rotatable bonds is 4. The first-order valence-corrected chi connectivity index (χ1v) is 7.62. The number of benzene rings is 1. The van der Waals surface area contributed by atoms with Crippen molar-refractivity contribution in [3.8, 4) is 0 Å². The molecule has 118 valence electrons. The third-order valence-electron chi connectivity index (χ3n) is 4.17. The van der Waals surface area contributed by atoms with Crippen LogP contribution in [-0.2, 0) is 20.7 Å². The highest BCUT2D eigenvalue weighted by molar-refractivity contribution is 6.00. The maximum absolute atomic E-state index is 12.2. The number of ether oxygens (including phenoxy) is 1. The molecule has 0 spiro atoms. The summed E-state index contributed by atoms with van der Waals surface area (Å²) >= 11 is 0. The minimum absolute atomic E-state index is 0.110. The summed E-state index contributed by atoms with van der Waals surface area (Å²) in [6, 6.07) is 7.35. The lowest BCUT2D eigenvalue weighted by atomic mass is 10.1. The van der Waals surface area contributed by atoms with Gasteiger partial charge in [0.15, 0.2) is 0 Å². The van der Waals surface area contributed by atoms with Crippen LogP contribution in [0.25, 0.3) is 0 Å². The first-order valence-electron chi connectivity index (χ1n) is 7.62. The molecule has 1 aromatic rings. The molecule has 0 bridgehead atoms. The Morgan fingerprint density at radius 1 is 1.18 bits per heavy atom. The number of nitrogens with two attached hydrogens (primary N) is 1. The largest absolute Gasteiger partial charge is 0.378 e.